The molecule has 0 aromatic carbocycles. The van der Waals surface area contributed by atoms with Crippen molar-refractivity contribution in [1.29, 1.82) is 0 Å². The Labute approximate surface area is 129 Å². The molecule has 0 radical (unpaired) electrons. The summed E-state index contributed by atoms with van der Waals surface area (Å²) in [4.78, 5) is 14.7. The number of ether oxygens (including phenoxy) is 1. The third-order valence-electron chi connectivity index (χ3n) is 5.16. The number of rotatable bonds is 6. The van der Waals surface area contributed by atoms with Gasteiger partial charge in [0.2, 0.25) is 5.91 Å². The molecule has 2 fully saturated rings. The maximum absolute atomic E-state index is 12.7. The van der Waals surface area contributed by atoms with E-state index in [1.807, 2.05) is 4.90 Å². The van der Waals surface area contributed by atoms with Crippen molar-refractivity contribution in [1.82, 2.24) is 4.90 Å². The van der Waals surface area contributed by atoms with Crippen molar-refractivity contribution >= 4 is 5.91 Å². The number of amides is 1. The molecule has 1 saturated carbocycles. The average Bonchev–Trinajstić information content (AvgIpc) is 2.54. The van der Waals surface area contributed by atoms with Gasteiger partial charge in [-0.1, -0.05) is 26.2 Å². The third kappa shape index (κ3) is 4.68. The molecule has 1 aliphatic heterocycles. The Hall–Kier alpha value is -0.610. The number of nitrogens with zero attached hydrogens (tertiary/aromatic N) is 1. The molecule has 1 saturated heterocycles. The minimum Gasteiger partial charge on any atom is -0.376 e. The van der Waals surface area contributed by atoms with Gasteiger partial charge in [0, 0.05) is 26.1 Å². The van der Waals surface area contributed by atoms with Crippen molar-refractivity contribution in [3.63, 3.8) is 0 Å². The number of piperidine rings is 1. The summed E-state index contributed by atoms with van der Waals surface area (Å²) < 4.78 is 5.84. The molecule has 4 nitrogen and oxygen atoms in total. The first-order valence-electron chi connectivity index (χ1n) is 8.78. The topological polar surface area (TPSA) is 55.6 Å². The summed E-state index contributed by atoms with van der Waals surface area (Å²) in [5.41, 5.74) is 6.09. The molecule has 2 rings (SSSR count). The third-order valence-corrected chi connectivity index (χ3v) is 5.16. The van der Waals surface area contributed by atoms with Crippen LogP contribution in [-0.2, 0) is 9.53 Å². The molecule has 0 aromatic heterocycles. The lowest BCUT2D eigenvalue weighted by Crippen LogP contribution is -2.46. The summed E-state index contributed by atoms with van der Waals surface area (Å²) in [6.45, 7) is 5.26. The molecule has 0 aromatic rings. The molecule has 4 heteroatoms. The first kappa shape index (κ1) is 16.8. The van der Waals surface area contributed by atoms with Crippen molar-refractivity contribution in [2.24, 2.45) is 11.1 Å². The monoisotopic (exact) mass is 296 g/mol. The van der Waals surface area contributed by atoms with Crippen molar-refractivity contribution in [2.45, 2.75) is 70.8 Å². The highest BCUT2D eigenvalue weighted by Gasteiger charge is 2.35. The Morgan fingerprint density at radius 3 is 2.71 bits per heavy atom. The second kappa shape index (κ2) is 8.14. The van der Waals surface area contributed by atoms with Crippen LogP contribution in [0.3, 0.4) is 0 Å². The second-order valence-corrected chi connectivity index (χ2v) is 6.92. The van der Waals surface area contributed by atoms with Crippen LogP contribution in [0.25, 0.3) is 0 Å². The number of hydrogen-bond acceptors (Lipinski definition) is 3. The largest absolute Gasteiger partial charge is 0.376 e. The van der Waals surface area contributed by atoms with Gasteiger partial charge in [-0.3, -0.25) is 4.79 Å². The van der Waals surface area contributed by atoms with Gasteiger partial charge in [-0.2, -0.15) is 0 Å². The summed E-state index contributed by atoms with van der Waals surface area (Å²) in [6, 6.07) is 0. The van der Waals surface area contributed by atoms with Crippen molar-refractivity contribution in [2.75, 3.05) is 26.2 Å². The van der Waals surface area contributed by atoms with Crippen LogP contribution in [0.1, 0.15) is 64.7 Å². The highest BCUT2D eigenvalue weighted by molar-refractivity contribution is 5.77. The number of hydrogen-bond donors (Lipinski definition) is 1. The maximum Gasteiger partial charge on any atom is 0.223 e. The fourth-order valence-electron chi connectivity index (χ4n) is 3.77. The van der Waals surface area contributed by atoms with Gasteiger partial charge in [-0.25, -0.2) is 0 Å². The molecule has 1 heterocycles. The van der Waals surface area contributed by atoms with Crippen molar-refractivity contribution in [3.05, 3.63) is 0 Å². The van der Waals surface area contributed by atoms with E-state index in [-0.39, 0.29) is 11.5 Å². The van der Waals surface area contributed by atoms with E-state index >= 15 is 0 Å². The van der Waals surface area contributed by atoms with Crippen LogP contribution < -0.4 is 5.73 Å². The Kier molecular flexibility index (Phi) is 6.49. The van der Waals surface area contributed by atoms with Crippen LogP contribution in [0, 0.1) is 5.41 Å². The minimum absolute atomic E-state index is 0.0759. The Morgan fingerprint density at radius 1 is 1.29 bits per heavy atom. The van der Waals surface area contributed by atoms with Gasteiger partial charge in [-0.05, 0) is 44.1 Å². The van der Waals surface area contributed by atoms with Gasteiger partial charge in [0.05, 0.1) is 6.10 Å². The second-order valence-electron chi connectivity index (χ2n) is 6.92. The van der Waals surface area contributed by atoms with E-state index in [0.29, 0.717) is 18.9 Å². The lowest BCUT2D eigenvalue weighted by atomic mass is 9.71. The number of nitrogens with two attached hydrogens (primary N) is 1. The van der Waals surface area contributed by atoms with Gasteiger partial charge in [0.15, 0.2) is 0 Å². The number of carbonyl (C=O) groups excluding carboxylic acids is 1. The quantitative estimate of drug-likeness (QED) is 0.820. The SMILES string of the molecule is CCCOC1CCCN(C(=O)CC2(CN)CCCCC2)C1. The van der Waals surface area contributed by atoms with Gasteiger partial charge < -0.3 is 15.4 Å². The van der Waals surface area contributed by atoms with Gasteiger partial charge in [0.1, 0.15) is 0 Å². The standard InChI is InChI=1S/C17H32N2O2/c1-2-11-21-15-7-6-10-19(13-15)16(20)12-17(14-18)8-4-3-5-9-17/h15H,2-14,18H2,1H3. The minimum atomic E-state index is 0.0759. The molecule has 2 N–H and O–H groups in total. The van der Waals surface area contributed by atoms with Crippen LogP contribution in [0.2, 0.25) is 0 Å². The molecule has 2 aliphatic rings. The van der Waals surface area contributed by atoms with Crippen LogP contribution in [0.5, 0.6) is 0 Å². The summed E-state index contributed by atoms with van der Waals surface area (Å²) in [5, 5.41) is 0. The molecular weight excluding hydrogens is 264 g/mol. The lowest BCUT2D eigenvalue weighted by Gasteiger charge is -2.39. The van der Waals surface area contributed by atoms with E-state index < -0.39 is 0 Å². The van der Waals surface area contributed by atoms with E-state index in [4.69, 9.17) is 10.5 Å². The lowest BCUT2D eigenvalue weighted by molar-refractivity contribution is -0.138. The molecular formula is C17H32N2O2. The van der Waals surface area contributed by atoms with Crippen LogP contribution in [-0.4, -0.2) is 43.2 Å². The van der Waals surface area contributed by atoms with Crippen molar-refractivity contribution in [3.8, 4) is 0 Å². The fraction of sp³-hybridized carbons (Fsp3) is 0.941. The van der Waals surface area contributed by atoms with E-state index in [0.717, 1.165) is 51.8 Å². The smallest absolute Gasteiger partial charge is 0.223 e. The first-order chi connectivity index (χ1) is 10.2. The zero-order valence-corrected chi connectivity index (χ0v) is 13.6. The predicted molar refractivity (Wildman–Crippen MR) is 85.0 cm³/mol. The molecule has 1 atom stereocenters. The predicted octanol–water partition coefficient (Wildman–Crippen LogP) is 2.70. The highest BCUT2D eigenvalue weighted by Crippen LogP contribution is 2.39. The molecule has 0 bridgehead atoms. The van der Waals surface area contributed by atoms with Crippen LogP contribution in [0.4, 0.5) is 0 Å². The van der Waals surface area contributed by atoms with Gasteiger partial charge in [-0.15, -0.1) is 0 Å². The Morgan fingerprint density at radius 2 is 2.05 bits per heavy atom. The van der Waals surface area contributed by atoms with Crippen LogP contribution in [0.15, 0.2) is 0 Å². The zero-order chi connectivity index (χ0) is 15.1. The first-order valence-corrected chi connectivity index (χ1v) is 8.78. The molecule has 1 amide bonds. The molecule has 1 unspecified atom stereocenters. The summed E-state index contributed by atoms with van der Waals surface area (Å²) in [7, 11) is 0. The molecule has 21 heavy (non-hydrogen) atoms. The average molecular weight is 296 g/mol. The van der Waals surface area contributed by atoms with Gasteiger partial charge in [0.25, 0.3) is 0 Å². The Bertz CT molecular complexity index is 327. The van der Waals surface area contributed by atoms with Gasteiger partial charge >= 0.3 is 0 Å². The molecule has 0 spiro atoms. The zero-order valence-electron chi connectivity index (χ0n) is 13.6. The molecule has 122 valence electrons. The Balaban J connectivity index is 1.86. The number of likely N-dealkylation sites (tertiary alicyclic amines) is 1. The summed E-state index contributed by atoms with van der Waals surface area (Å²) in [5.74, 6) is 0.298. The fourth-order valence-corrected chi connectivity index (χ4v) is 3.77. The van der Waals surface area contributed by atoms with Crippen molar-refractivity contribution < 1.29 is 9.53 Å². The summed E-state index contributed by atoms with van der Waals surface area (Å²) in [6.07, 6.45) is 10.1. The van der Waals surface area contributed by atoms with E-state index in [1.54, 1.807) is 0 Å². The van der Waals surface area contributed by atoms with E-state index in [1.165, 1.54) is 19.3 Å². The normalized spacial score (nSPS) is 25.8. The van der Waals surface area contributed by atoms with E-state index in [2.05, 4.69) is 6.92 Å². The summed E-state index contributed by atoms with van der Waals surface area (Å²) >= 11 is 0. The number of carbonyl (C=O) groups is 1. The maximum atomic E-state index is 12.7. The van der Waals surface area contributed by atoms with E-state index in [9.17, 15) is 4.79 Å². The van der Waals surface area contributed by atoms with Crippen LogP contribution >= 0.6 is 0 Å². The highest BCUT2D eigenvalue weighted by atomic mass is 16.5. The molecule has 1 aliphatic carbocycles.